The number of fused-ring (bicyclic) bond motifs is 4. The van der Waals surface area contributed by atoms with Crippen LogP contribution in [0.25, 0.3) is 21.0 Å². The van der Waals surface area contributed by atoms with Crippen molar-refractivity contribution in [3.8, 4) is 5.75 Å². The summed E-state index contributed by atoms with van der Waals surface area (Å²) in [6.45, 7) is 4.87. The van der Waals surface area contributed by atoms with Crippen molar-refractivity contribution in [1.29, 1.82) is 0 Å². The van der Waals surface area contributed by atoms with Crippen LogP contribution in [-0.4, -0.2) is 307 Å². The number of aromatic amines is 1. The van der Waals surface area contributed by atoms with Gasteiger partial charge in [0.15, 0.2) is 5.78 Å². The number of unbranched alkanes of at least 4 members (excludes halogenated alkanes) is 2. The summed E-state index contributed by atoms with van der Waals surface area (Å²) in [6.07, 6.45) is -0.856. The number of nitrogens with two attached hydrogens (primary N) is 3. The molecule has 3 aromatic carbocycles. The minimum absolute atomic E-state index is 0.00473. The van der Waals surface area contributed by atoms with Crippen LogP contribution in [0.2, 0.25) is 0 Å². The van der Waals surface area contributed by atoms with Crippen LogP contribution in [0, 0.1) is 11.8 Å². The van der Waals surface area contributed by atoms with Crippen molar-refractivity contribution in [1.82, 2.24) is 77.3 Å². The molecule has 39 nitrogen and oxygen atoms in total. The van der Waals surface area contributed by atoms with E-state index in [0.29, 0.717) is 58.7 Å². The minimum Gasteiger partial charge on any atom is -0.508 e. The summed E-state index contributed by atoms with van der Waals surface area (Å²) in [5.74, 6) is -19.5. The quantitative estimate of drug-likeness (QED) is 0.0363. The molecule has 0 spiro atoms. The van der Waals surface area contributed by atoms with Crippen LogP contribution in [0.1, 0.15) is 128 Å². The first-order valence-corrected chi connectivity index (χ1v) is 44.6. The molecule has 20 N–H and O–H groups in total. The van der Waals surface area contributed by atoms with Crippen molar-refractivity contribution in [3.63, 3.8) is 0 Å². The number of amides is 15. The van der Waals surface area contributed by atoms with E-state index < -0.39 is 248 Å². The van der Waals surface area contributed by atoms with Crippen molar-refractivity contribution in [3.05, 3.63) is 101 Å². The summed E-state index contributed by atoms with van der Waals surface area (Å²) in [4.78, 5) is 255. The number of ketones is 1. The van der Waals surface area contributed by atoms with Crippen molar-refractivity contribution in [2.45, 2.75) is 216 Å². The second-order valence-electron chi connectivity index (χ2n) is 32.8. The number of H-pyrrole nitrogens is 1. The van der Waals surface area contributed by atoms with Gasteiger partial charge in [-0.2, -0.15) is 0 Å². The number of aliphatic hydroxyl groups is 2. The monoisotopic (exact) mass is 1800 g/mol. The SMILES string of the molecule is CCCC[C@H]1C(=O)N(C)[C@@H](CCCC)C(=O)N[C@@H](CN)C(=O)N[C@H](C(=O)NCC(N)=O)CSCC(=O)N[C@@H](Cc2ccc(O)cc2)C(=O)N(C)[C@H](C)C(=O)C[C@@H](CC(=O)O)C(=O)N2CCC[C@H]2C(=O)N[C@@H](CN)C(=O)N[C@@H](CC(C)C)C(=O)N2C[C@H](O)C[C@H]2C(=O)N[C@@H](Cc2c[nH]c3ccccc23)C(=O)N[C@@H](CO)C(=O)N[C@@H](Cc2csc3ccccc23)C(=O)N1C. The van der Waals surface area contributed by atoms with E-state index in [4.69, 9.17) is 17.2 Å². The first-order valence-electron chi connectivity index (χ1n) is 42.6. The number of primary amides is 1. The lowest BCUT2D eigenvalue weighted by atomic mass is 9.93. The molecule has 0 unspecified atom stereocenters. The molecule has 15 atom stereocenters. The molecule has 5 heterocycles. The van der Waals surface area contributed by atoms with Gasteiger partial charge in [0.25, 0.3) is 0 Å². The number of nitrogens with one attached hydrogen (secondary N) is 10. The molecule has 3 fully saturated rings. The molecule has 692 valence electrons. The number of carbonyl (C=O) groups is 17. The summed E-state index contributed by atoms with van der Waals surface area (Å²) in [5.41, 5.74) is 19.9. The van der Waals surface area contributed by atoms with Gasteiger partial charge in [-0.15, -0.1) is 23.1 Å². The first-order chi connectivity index (χ1) is 60.4. The summed E-state index contributed by atoms with van der Waals surface area (Å²) < 4.78 is 0.817. The maximum Gasteiger partial charge on any atom is 0.304 e. The Hall–Kier alpha value is -11.7. The number of aromatic nitrogens is 1. The van der Waals surface area contributed by atoms with Gasteiger partial charge >= 0.3 is 5.97 Å². The zero-order chi connectivity index (χ0) is 93.2. The van der Waals surface area contributed by atoms with Crippen LogP contribution < -0.4 is 65.1 Å². The fraction of sp³-hybridized carbons (Fsp3) is 0.547. The highest BCUT2D eigenvalue weighted by atomic mass is 32.2. The first kappa shape index (κ1) is 101. The fourth-order valence-corrected chi connectivity index (χ4v) is 17.6. The molecule has 41 heteroatoms. The standard InChI is InChI=1S/C86H120N18O21S2/c1-9-11-21-65-79(118)96-62(38-88)77(116)99-64(74(113)91-40-71(89)109)44-126-45-72(110)92-59(31-48-25-27-52(106)28-26-48)83(122)100(6)47(5)69(108)34-49(35-73(111)112)82(121)103-29-17-23-66(103)80(119)97-61(37-87)76(115)94-58(30-46(3)4)85(124)104-41-53(107)36-68(104)81(120)93-57(32-50-39-90-56-20-15-13-18-54(50)56)75(114)98-63(42-105)78(117)95-60(33-51-43-127-70-24-16-14-19-55(51)70)84(123)102(8)67(22-12-10-2)86(125)101(65)7/h13-16,18-20,24-28,39,43,46-47,49,53,57-68,90,105-107H,9-12,17,21-23,29-38,40-42,44-45,87-88H2,1-8H3,(H2,89,109)(H,91,113)(H,92,110)(H,93,120)(H,94,115)(H,95,117)(H,96,118)(H,97,119)(H,98,114)(H,99,116)(H,111,112)/t47-,49+,53-,57+,58+,59+,60+,61+,62+,63+,64+,65+,66+,67+,68+/m1/s1. The number of phenolic OH excluding ortho intramolecular Hbond substituents is 1. The normalized spacial score (nSPS) is 25.7. The molecule has 2 aromatic heterocycles. The lowest BCUT2D eigenvalue weighted by molar-refractivity contribution is -0.149. The number of aromatic hydroxyl groups is 1. The Morgan fingerprint density at radius 2 is 1.16 bits per heavy atom. The summed E-state index contributed by atoms with van der Waals surface area (Å²) in [5, 5.41) is 69.3. The number of thiophene rings is 1. The number of rotatable bonds is 22. The van der Waals surface area contributed by atoms with E-state index in [0.717, 1.165) is 41.0 Å². The zero-order valence-corrected chi connectivity index (χ0v) is 74.2. The van der Waals surface area contributed by atoms with Crippen LogP contribution in [-0.2, 0) is 101 Å². The van der Waals surface area contributed by atoms with E-state index in [1.165, 1.54) is 63.7 Å². The molecule has 0 radical (unpaired) electrons. The van der Waals surface area contributed by atoms with E-state index in [1.54, 1.807) is 55.8 Å². The van der Waals surface area contributed by atoms with Crippen molar-refractivity contribution < 1.29 is 102 Å². The number of benzene rings is 3. The number of nitrogens with zero attached hydrogens (tertiary/aromatic N) is 5. The molecule has 127 heavy (non-hydrogen) atoms. The van der Waals surface area contributed by atoms with E-state index in [1.807, 2.05) is 32.0 Å². The average molecular weight is 1810 g/mol. The number of para-hydroxylation sites is 1. The third kappa shape index (κ3) is 27.4. The lowest BCUT2D eigenvalue weighted by Crippen LogP contribution is -2.62. The van der Waals surface area contributed by atoms with Gasteiger partial charge in [-0.3, -0.25) is 81.5 Å². The van der Waals surface area contributed by atoms with E-state index in [2.05, 4.69) is 52.8 Å². The molecular weight excluding hydrogens is 1690 g/mol. The van der Waals surface area contributed by atoms with Crippen molar-refractivity contribution in [2.75, 3.05) is 72.0 Å². The molecule has 0 aliphatic carbocycles. The number of aliphatic carboxylic acids is 1. The molecule has 3 aliphatic heterocycles. The third-order valence-corrected chi connectivity index (χ3v) is 25.0. The van der Waals surface area contributed by atoms with E-state index >= 15 is 28.8 Å². The molecule has 0 saturated carbocycles. The third-order valence-electron chi connectivity index (χ3n) is 23.0. The molecule has 5 aromatic rings. The Bertz CT molecular complexity index is 4780. The maximum absolute atomic E-state index is 15.6. The predicted molar refractivity (Wildman–Crippen MR) is 470 cm³/mol. The van der Waals surface area contributed by atoms with Crippen molar-refractivity contribution in [2.24, 2.45) is 29.0 Å². The van der Waals surface area contributed by atoms with Gasteiger partial charge in [0.2, 0.25) is 88.6 Å². The topological polar surface area (TPSA) is 589 Å². The Balaban J connectivity index is 1.16. The van der Waals surface area contributed by atoms with Crippen LogP contribution in [0.3, 0.4) is 0 Å². The maximum atomic E-state index is 15.6. The summed E-state index contributed by atoms with van der Waals surface area (Å²) in [7, 11) is 3.91. The Morgan fingerprint density at radius 3 is 1.80 bits per heavy atom. The molecule has 8 rings (SSSR count). The number of carboxylic acid groups (broad SMARTS) is 1. The highest BCUT2D eigenvalue weighted by molar-refractivity contribution is 8.00. The molecule has 15 amide bonds. The van der Waals surface area contributed by atoms with Gasteiger partial charge in [0, 0.05) is 107 Å². The molecule has 0 bridgehead atoms. The van der Waals surface area contributed by atoms with Gasteiger partial charge in [-0.25, -0.2) is 0 Å². The summed E-state index contributed by atoms with van der Waals surface area (Å²) >= 11 is 2.11. The van der Waals surface area contributed by atoms with Crippen LogP contribution >= 0.6 is 23.1 Å². The summed E-state index contributed by atoms with van der Waals surface area (Å²) in [6, 6.07) is -0.115. The number of carboxylic acids is 1. The van der Waals surface area contributed by atoms with Gasteiger partial charge in [-0.05, 0) is 96.7 Å². The Morgan fingerprint density at radius 1 is 0.598 bits per heavy atom. The van der Waals surface area contributed by atoms with Crippen molar-refractivity contribution >= 4 is 144 Å². The molecule has 3 aliphatic rings. The predicted octanol–water partition coefficient (Wildman–Crippen LogP) is -1.82. The number of aliphatic hydroxyl groups excluding tert-OH is 2. The second kappa shape index (κ2) is 47.8. The van der Waals surface area contributed by atoms with Gasteiger partial charge in [-0.1, -0.05) is 102 Å². The molecular formula is C86H120N18O21S2. The second-order valence-corrected chi connectivity index (χ2v) is 34.8. The van der Waals surface area contributed by atoms with Gasteiger partial charge in [0.1, 0.15) is 78.3 Å². The number of hydrogen-bond acceptors (Lipinski definition) is 24. The lowest BCUT2D eigenvalue weighted by Gasteiger charge is -2.36. The fourth-order valence-electron chi connectivity index (χ4n) is 15.8. The van der Waals surface area contributed by atoms with Crippen LogP contribution in [0.5, 0.6) is 5.75 Å². The number of likely N-dealkylation sites (N-methyl/N-ethyl adjacent to an activating group) is 3. The van der Waals surface area contributed by atoms with E-state index in [-0.39, 0.29) is 76.0 Å². The average Bonchev–Trinajstić information content (AvgIpc) is 1.72. The van der Waals surface area contributed by atoms with Crippen LogP contribution in [0.4, 0.5) is 0 Å². The minimum atomic E-state index is -1.87. The van der Waals surface area contributed by atoms with E-state index in [9.17, 15) is 73.2 Å². The number of hydrogen-bond donors (Lipinski definition) is 17. The van der Waals surface area contributed by atoms with Gasteiger partial charge < -0.3 is 115 Å². The smallest absolute Gasteiger partial charge is 0.304 e. The molecule has 3 saturated heterocycles. The number of Topliss-reactive ketones (excluding diaryl/α,β-unsaturated/α-hetero) is 1. The Kier molecular flexibility index (Phi) is 37.9. The Labute approximate surface area is 743 Å². The number of thioether (sulfide) groups is 1. The number of phenols is 1. The number of carbonyl (C=O) groups excluding carboxylic acids is 16. The largest absolute Gasteiger partial charge is 0.508 e. The highest BCUT2D eigenvalue weighted by Gasteiger charge is 2.47. The van der Waals surface area contributed by atoms with Crippen LogP contribution in [0.15, 0.2) is 84.4 Å². The van der Waals surface area contributed by atoms with Gasteiger partial charge in [0.05, 0.1) is 43.4 Å². The highest BCUT2D eigenvalue weighted by Crippen LogP contribution is 2.31. The zero-order valence-electron chi connectivity index (χ0n) is 72.6.